The third-order valence-corrected chi connectivity index (χ3v) is 3.01. The molecule has 1 nitrogen and oxygen atoms in total. The maximum atomic E-state index is 5.92. The topological polar surface area (TPSA) is 26.0 Å². The summed E-state index contributed by atoms with van der Waals surface area (Å²) in [5, 5.41) is 0. The van der Waals surface area contributed by atoms with Crippen LogP contribution < -0.4 is 5.73 Å². The van der Waals surface area contributed by atoms with Crippen LogP contribution in [0.25, 0.3) is 5.57 Å². The number of halogens is 1. The lowest BCUT2D eigenvalue weighted by atomic mass is 9.98. The molecule has 0 unspecified atom stereocenters. The van der Waals surface area contributed by atoms with E-state index in [0.29, 0.717) is 0 Å². The second kappa shape index (κ2) is 4.54. The number of nitrogen functional groups attached to an aromatic ring is 1. The van der Waals surface area contributed by atoms with Crippen LogP contribution in [0.15, 0.2) is 59.6 Å². The molecule has 0 aliphatic carbocycles. The minimum atomic E-state index is 0.760. The zero-order chi connectivity index (χ0) is 11.5. The van der Waals surface area contributed by atoms with Gasteiger partial charge in [0, 0.05) is 15.7 Å². The van der Waals surface area contributed by atoms with Gasteiger partial charge in [-0.25, -0.2) is 0 Å². The zero-order valence-electron chi connectivity index (χ0n) is 8.78. The van der Waals surface area contributed by atoms with Gasteiger partial charge in [0.25, 0.3) is 0 Å². The Labute approximate surface area is 104 Å². The van der Waals surface area contributed by atoms with Gasteiger partial charge in [-0.3, -0.25) is 0 Å². The second-order valence-electron chi connectivity index (χ2n) is 3.57. The number of benzene rings is 2. The van der Waals surface area contributed by atoms with Crippen molar-refractivity contribution in [1.82, 2.24) is 0 Å². The number of para-hydroxylation sites is 1. The molecule has 2 aromatic carbocycles. The Bertz CT molecular complexity index is 515. The summed E-state index contributed by atoms with van der Waals surface area (Å²) in [6, 6.07) is 15.8. The third-order valence-electron chi connectivity index (χ3n) is 2.48. The quantitative estimate of drug-likeness (QED) is 0.820. The van der Waals surface area contributed by atoms with Crippen molar-refractivity contribution < 1.29 is 0 Å². The summed E-state index contributed by atoms with van der Waals surface area (Å²) in [7, 11) is 0. The fraction of sp³-hybridized carbons (Fsp3) is 0. The summed E-state index contributed by atoms with van der Waals surface area (Å²) in [6.45, 7) is 4.09. The van der Waals surface area contributed by atoms with E-state index in [0.717, 1.165) is 26.9 Å². The standard InChI is InChI=1S/C14H12BrN/c1-10(11-6-8-12(15)9-7-11)13-4-2-3-5-14(13)16/h2-9H,1,16H2. The van der Waals surface area contributed by atoms with Gasteiger partial charge in [-0.2, -0.15) is 0 Å². The van der Waals surface area contributed by atoms with Crippen LogP contribution in [0.4, 0.5) is 5.69 Å². The van der Waals surface area contributed by atoms with Crippen LogP contribution in [0, 0.1) is 0 Å². The van der Waals surface area contributed by atoms with Gasteiger partial charge < -0.3 is 5.73 Å². The molecule has 2 aromatic rings. The molecule has 16 heavy (non-hydrogen) atoms. The molecule has 0 bridgehead atoms. The van der Waals surface area contributed by atoms with E-state index in [1.165, 1.54) is 0 Å². The van der Waals surface area contributed by atoms with Crippen LogP contribution >= 0.6 is 15.9 Å². The highest BCUT2D eigenvalue weighted by Gasteiger charge is 2.04. The van der Waals surface area contributed by atoms with Gasteiger partial charge in [-0.05, 0) is 29.3 Å². The predicted molar refractivity (Wildman–Crippen MR) is 73.1 cm³/mol. The van der Waals surface area contributed by atoms with Crippen molar-refractivity contribution in [2.75, 3.05) is 5.73 Å². The lowest BCUT2D eigenvalue weighted by molar-refractivity contribution is 1.54. The summed E-state index contributed by atoms with van der Waals surface area (Å²) in [4.78, 5) is 0. The maximum absolute atomic E-state index is 5.92. The normalized spacial score (nSPS) is 10.1. The van der Waals surface area contributed by atoms with Crippen molar-refractivity contribution in [1.29, 1.82) is 0 Å². The molecular weight excluding hydrogens is 262 g/mol. The Morgan fingerprint density at radius 1 is 1.00 bits per heavy atom. The van der Waals surface area contributed by atoms with Crippen LogP contribution in [0.5, 0.6) is 0 Å². The van der Waals surface area contributed by atoms with Crippen LogP contribution in [-0.2, 0) is 0 Å². The molecule has 2 heteroatoms. The number of hydrogen-bond donors (Lipinski definition) is 1. The van der Waals surface area contributed by atoms with Crippen molar-refractivity contribution in [3.8, 4) is 0 Å². The van der Waals surface area contributed by atoms with E-state index in [4.69, 9.17) is 5.73 Å². The van der Waals surface area contributed by atoms with Crippen molar-refractivity contribution in [3.63, 3.8) is 0 Å². The van der Waals surface area contributed by atoms with Crippen LogP contribution in [-0.4, -0.2) is 0 Å². The minimum absolute atomic E-state index is 0.760. The largest absolute Gasteiger partial charge is 0.398 e. The van der Waals surface area contributed by atoms with Crippen molar-refractivity contribution in [2.45, 2.75) is 0 Å². The summed E-state index contributed by atoms with van der Waals surface area (Å²) in [6.07, 6.45) is 0. The monoisotopic (exact) mass is 273 g/mol. The first-order valence-electron chi connectivity index (χ1n) is 4.98. The van der Waals surface area contributed by atoms with Crippen LogP contribution in [0.3, 0.4) is 0 Å². The second-order valence-corrected chi connectivity index (χ2v) is 4.49. The molecule has 0 saturated heterocycles. The summed E-state index contributed by atoms with van der Waals surface area (Å²) >= 11 is 3.41. The van der Waals surface area contributed by atoms with Gasteiger partial charge in [0.05, 0.1) is 0 Å². The van der Waals surface area contributed by atoms with E-state index in [9.17, 15) is 0 Å². The van der Waals surface area contributed by atoms with Gasteiger partial charge in [0.1, 0.15) is 0 Å². The first kappa shape index (κ1) is 11.0. The molecule has 2 N–H and O–H groups in total. The molecule has 80 valence electrons. The highest BCUT2D eigenvalue weighted by atomic mass is 79.9. The summed E-state index contributed by atoms with van der Waals surface area (Å²) in [5.41, 5.74) is 9.70. The molecule has 0 heterocycles. The minimum Gasteiger partial charge on any atom is -0.398 e. The lowest BCUT2D eigenvalue weighted by Crippen LogP contribution is -1.93. The Hall–Kier alpha value is -1.54. The van der Waals surface area contributed by atoms with E-state index in [1.54, 1.807) is 0 Å². The number of nitrogens with two attached hydrogens (primary N) is 1. The molecule has 0 saturated carbocycles. The van der Waals surface area contributed by atoms with E-state index < -0.39 is 0 Å². The molecule has 0 spiro atoms. The average Bonchev–Trinajstić information content (AvgIpc) is 2.30. The highest BCUT2D eigenvalue weighted by Crippen LogP contribution is 2.26. The number of anilines is 1. The summed E-state index contributed by atoms with van der Waals surface area (Å²) in [5.74, 6) is 0. The Balaban J connectivity index is 2.40. The molecule has 0 atom stereocenters. The SMILES string of the molecule is C=C(c1ccc(Br)cc1)c1ccccc1N. The first-order valence-corrected chi connectivity index (χ1v) is 5.77. The molecule has 0 aliphatic rings. The smallest absolute Gasteiger partial charge is 0.0393 e. The Morgan fingerprint density at radius 2 is 1.62 bits per heavy atom. The van der Waals surface area contributed by atoms with E-state index in [1.807, 2.05) is 48.5 Å². The molecule has 0 aromatic heterocycles. The molecular formula is C14H12BrN. The van der Waals surface area contributed by atoms with E-state index in [2.05, 4.69) is 22.5 Å². The maximum Gasteiger partial charge on any atom is 0.0393 e. The van der Waals surface area contributed by atoms with Gasteiger partial charge in [-0.15, -0.1) is 0 Å². The number of hydrogen-bond acceptors (Lipinski definition) is 1. The third kappa shape index (κ3) is 2.17. The van der Waals surface area contributed by atoms with Crippen molar-refractivity contribution in [2.24, 2.45) is 0 Å². The van der Waals surface area contributed by atoms with Crippen LogP contribution in [0.2, 0.25) is 0 Å². The number of rotatable bonds is 2. The summed E-state index contributed by atoms with van der Waals surface area (Å²) < 4.78 is 1.06. The zero-order valence-corrected chi connectivity index (χ0v) is 10.4. The Kier molecular flexibility index (Phi) is 3.11. The van der Waals surface area contributed by atoms with Gasteiger partial charge in [-0.1, -0.05) is 52.8 Å². The predicted octanol–water partition coefficient (Wildman–Crippen LogP) is 4.09. The molecule has 2 rings (SSSR count). The molecule has 0 radical (unpaired) electrons. The van der Waals surface area contributed by atoms with E-state index >= 15 is 0 Å². The van der Waals surface area contributed by atoms with E-state index in [-0.39, 0.29) is 0 Å². The van der Waals surface area contributed by atoms with Gasteiger partial charge in [0.2, 0.25) is 0 Å². The lowest BCUT2D eigenvalue weighted by Gasteiger charge is -2.09. The van der Waals surface area contributed by atoms with Gasteiger partial charge >= 0.3 is 0 Å². The molecule has 0 fully saturated rings. The Morgan fingerprint density at radius 3 is 2.25 bits per heavy atom. The average molecular weight is 274 g/mol. The first-order chi connectivity index (χ1) is 7.68. The molecule has 0 amide bonds. The van der Waals surface area contributed by atoms with Gasteiger partial charge in [0.15, 0.2) is 0 Å². The fourth-order valence-electron chi connectivity index (χ4n) is 1.58. The van der Waals surface area contributed by atoms with Crippen molar-refractivity contribution in [3.05, 3.63) is 70.7 Å². The van der Waals surface area contributed by atoms with Crippen molar-refractivity contribution >= 4 is 27.2 Å². The molecule has 0 aliphatic heterocycles. The fourth-order valence-corrected chi connectivity index (χ4v) is 1.84. The highest BCUT2D eigenvalue weighted by molar-refractivity contribution is 9.10. The van der Waals surface area contributed by atoms with Crippen LogP contribution in [0.1, 0.15) is 11.1 Å².